The van der Waals surface area contributed by atoms with Gasteiger partial charge in [0.2, 0.25) is 6.29 Å². The minimum absolute atomic E-state index is 0.277. The number of hydrogen-bond donors (Lipinski definition) is 0. The number of rotatable bonds is 5. The van der Waals surface area contributed by atoms with Gasteiger partial charge in [0.1, 0.15) is 11.6 Å². The lowest BCUT2D eigenvalue weighted by Gasteiger charge is -2.26. The molecule has 0 aliphatic carbocycles. The Morgan fingerprint density at radius 2 is 2.31 bits per heavy atom. The summed E-state index contributed by atoms with van der Waals surface area (Å²) in [7, 11) is 0. The summed E-state index contributed by atoms with van der Waals surface area (Å²) >= 11 is 0. The zero-order chi connectivity index (χ0) is 12.0. The van der Waals surface area contributed by atoms with Crippen LogP contribution >= 0.6 is 0 Å². The lowest BCUT2D eigenvalue weighted by molar-refractivity contribution is -0.166. The van der Waals surface area contributed by atoms with Gasteiger partial charge in [-0.15, -0.1) is 0 Å². The Morgan fingerprint density at radius 3 is 2.88 bits per heavy atom. The molecule has 1 aliphatic rings. The Kier molecular flexibility index (Phi) is 5.13. The van der Waals surface area contributed by atoms with E-state index in [1.165, 1.54) is 0 Å². The first kappa shape index (κ1) is 12.9. The molecule has 0 spiro atoms. The summed E-state index contributed by atoms with van der Waals surface area (Å²) in [5.74, 6) is 0.811. The van der Waals surface area contributed by atoms with Gasteiger partial charge in [-0.1, -0.05) is 13.8 Å². The molecule has 0 aromatic carbocycles. The van der Waals surface area contributed by atoms with E-state index in [1.807, 2.05) is 6.92 Å². The van der Waals surface area contributed by atoms with E-state index in [0.29, 0.717) is 43.5 Å². The molecule has 0 bridgehead atoms. The monoisotopic (exact) mass is 225 g/mol. The first-order chi connectivity index (χ1) is 7.67. The van der Waals surface area contributed by atoms with Crippen LogP contribution in [0.4, 0.5) is 0 Å². The molecule has 16 heavy (non-hydrogen) atoms. The maximum Gasteiger partial charge on any atom is 0.295 e. The number of ether oxygens (including phenoxy) is 3. The summed E-state index contributed by atoms with van der Waals surface area (Å²) in [6.45, 7) is 7.19. The van der Waals surface area contributed by atoms with Crippen molar-refractivity contribution in [1.29, 1.82) is 5.26 Å². The molecule has 4 nitrogen and oxygen atoms in total. The fourth-order valence-electron chi connectivity index (χ4n) is 1.38. The quantitative estimate of drug-likeness (QED) is 0.721. The molecule has 1 atom stereocenters. The number of nitrogens with zero attached hydrogens (tertiary/aromatic N) is 1. The van der Waals surface area contributed by atoms with Gasteiger partial charge >= 0.3 is 0 Å². The van der Waals surface area contributed by atoms with Crippen molar-refractivity contribution >= 4 is 0 Å². The smallest absolute Gasteiger partial charge is 0.295 e. The molecular formula is C12H19NO3. The molecule has 0 amide bonds. The highest BCUT2D eigenvalue weighted by atomic mass is 16.8. The van der Waals surface area contributed by atoms with E-state index in [4.69, 9.17) is 19.5 Å². The summed E-state index contributed by atoms with van der Waals surface area (Å²) in [4.78, 5) is 0. The van der Waals surface area contributed by atoms with Crippen LogP contribution in [0.1, 0.15) is 33.6 Å². The van der Waals surface area contributed by atoms with E-state index >= 15 is 0 Å². The molecule has 1 aliphatic heterocycles. The van der Waals surface area contributed by atoms with Crippen LogP contribution in [0.25, 0.3) is 0 Å². The van der Waals surface area contributed by atoms with Crippen molar-refractivity contribution in [1.82, 2.24) is 0 Å². The summed E-state index contributed by atoms with van der Waals surface area (Å²) in [5, 5.41) is 8.88. The van der Waals surface area contributed by atoms with Crippen LogP contribution in [-0.4, -0.2) is 19.5 Å². The average Bonchev–Trinajstić information content (AvgIpc) is 2.27. The van der Waals surface area contributed by atoms with Crippen LogP contribution in [0.15, 0.2) is 11.5 Å². The second-order valence-corrected chi connectivity index (χ2v) is 4.12. The number of allylic oxidation sites excluding steroid dienone is 1. The average molecular weight is 225 g/mol. The van der Waals surface area contributed by atoms with E-state index in [0.717, 1.165) is 0 Å². The van der Waals surface area contributed by atoms with E-state index in [2.05, 4.69) is 19.9 Å². The Labute approximate surface area is 96.8 Å². The van der Waals surface area contributed by atoms with Crippen molar-refractivity contribution in [3.05, 3.63) is 11.5 Å². The second-order valence-electron chi connectivity index (χ2n) is 4.12. The van der Waals surface area contributed by atoms with E-state index < -0.39 is 0 Å². The van der Waals surface area contributed by atoms with Gasteiger partial charge < -0.3 is 14.2 Å². The van der Waals surface area contributed by atoms with Gasteiger partial charge in [-0.05, 0) is 19.3 Å². The molecule has 0 saturated heterocycles. The zero-order valence-corrected chi connectivity index (χ0v) is 10.2. The van der Waals surface area contributed by atoms with E-state index in [1.54, 1.807) is 0 Å². The first-order valence-electron chi connectivity index (χ1n) is 5.71. The zero-order valence-electron chi connectivity index (χ0n) is 10.2. The van der Waals surface area contributed by atoms with Gasteiger partial charge in [0.25, 0.3) is 5.95 Å². The first-order valence-corrected chi connectivity index (χ1v) is 5.71. The number of nitriles is 1. The van der Waals surface area contributed by atoms with Crippen molar-refractivity contribution in [2.75, 3.05) is 13.2 Å². The number of hydrogen-bond acceptors (Lipinski definition) is 4. The molecule has 0 N–H and O–H groups in total. The van der Waals surface area contributed by atoms with Crippen LogP contribution < -0.4 is 0 Å². The summed E-state index contributed by atoms with van der Waals surface area (Å²) in [6, 6.07) is 2.10. The summed E-state index contributed by atoms with van der Waals surface area (Å²) in [6.07, 6.45) is 1.10. The maximum atomic E-state index is 8.88. The molecule has 0 aromatic rings. The topological polar surface area (TPSA) is 51.5 Å². The van der Waals surface area contributed by atoms with Gasteiger partial charge in [0.05, 0.1) is 13.2 Å². The lowest BCUT2D eigenvalue weighted by atomic mass is 10.1. The van der Waals surface area contributed by atoms with Crippen LogP contribution in [0.3, 0.4) is 0 Å². The van der Waals surface area contributed by atoms with Gasteiger partial charge in [0.15, 0.2) is 0 Å². The predicted octanol–water partition coefficient (Wildman–Crippen LogP) is 2.57. The minimum Gasteiger partial charge on any atom is -0.465 e. The normalized spacial score (nSPS) is 20.6. The highest BCUT2D eigenvalue weighted by Crippen LogP contribution is 2.25. The molecule has 4 heteroatoms. The van der Waals surface area contributed by atoms with Gasteiger partial charge in [-0.25, -0.2) is 0 Å². The molecule has 0 radical (unpaired) electrons. The second kappa shape index (κ2) is 6.39. The predicted molar refractivity (Wildman–Crippen MR) is 59.2 cm³/mol. The van der Waals surface area contributed by atoms with Crippen molar-refractivity contribution in [3.8, 4) is 6.07 Å². The molecule has 1 unspecified atom stereocenters. The summed E-state index contributed by atoms with van der Waals surface area (Å²) in [5.41, 5.74) is 0.575. The minimum atomic E-state index is -0.277. The molecular weight excluding hydrogens is 206 g/mol. The molecule has 1 heterocycles. The van der Waals surface area contributed by atoms with Gasteiger partial charge in [-0.2, -0.15) is 5.26 Å². The van der Waals surface area contributed by atoms with Crippen molar-refractivity contribution in [2.24, 2.45) is 5.92 Å². The van der Waals surface area contributed by atoms with Crippen LogP contribution in [0.5, 0.6) is 0 Å². The third-order valence-corrected chi connectivity index (χ3v) is 2.14. The SMILES string of the molecule is CCOC1=C(C#N)CCC(OCC(C)C)O1. The highest BCUT2D eigenvalue weighted by Gasteiger charge is 2.24. The highest BCUT2D eigenvalue weighted by molar-refractivity contribution is 5.23. The Hall–Kier alpha value is -1.21. The fraction of sp³-hybridized carbons (Fsp3) is 0.750. The van der Waals surface area contributed by atoms with Crippen molar-refractivity contribution < 1.29 is 14.2 Å². The molecule has 0 aromatic heterocycles. The lowest BCUT2D eigenvalue weighted by Crippen LogP contribution is -2.24. The largest absolute Gasteiger partial charge is 0.465 e. The third-order valence-electron chi connectivity index (χ3n) is 2.14. The fourth-order valence-corrected chi connectivity index (χ4v) is 1.38. The van der Waals surface area contributed by atoms with Crippen molar-refractivity contribution in [2.45, 2.75) is 39.9 Å². The Morgan fingerprint density at radius 1 is 1.56 bits per heavy atom. The Balaban J connectivity index is 2.52. The van der Waals surface area contributed by atoms with Crippen LogP contribution in [-0.2, 0) is 14.2 Å². The molecule has 0 saturated carbocycles. The molecule has 0 fully saturated rings. The maximum absolute atomic E-state index is 8.88. The van der Waals surface area contributed by atoms with Crippen LogP contribution in [0.2, 0.25) is 0 Å². The Bertz CT molecular complexity index is 291. The molecule has 90 valence electrons. The third kappa shape index (κ3) is 3.74. The standard InChI is InChI=1S/C12H19NO3/c1-4-14-12-10(7-13)5-6-11(16-12)15-8-9(2)3/h9,11H,4-6,8H2,1-3H3. The van der Waals surface area contributed by atoms with Gasteiger partial charge in [0, 0.05) is 6.42 Å². The van der Waals surface area contributed by atoms with E-state index in [9.17, 15) is 0 Å². The molecule has 1 rings (SSSR count). The van der Waals surface area contributed by atoms with E-state index in [-0.39, 0.29) is 6.29 Å². The van der Waals surface area contributed by atoms with Crippen molar-refractivity contribution in [3.63, 3.8) is 0 Å². The van der Waals surface area contributed by atoms with Gasteiger partial charge in [-0.3, -0.25) is 0 Å². The summed E-state index contributed by atoms with van der Waals surface area (Å²) < 4.78 is 16.3. The van der Waals surface area contributed by atoms with Crippen LogP contribution in [0, 0.1) is 17.2 Å².